The maximum Gasteiger partial charge on any atom is 0.0592 e. The van der Waals surface area contributed by atoms with Gasteiger partial charge in [-0.3, -0.25) is 0 Å². The minimum absolute atomic E-state index is 0.397. The number of nitrogens with zero attached hydrogens (tertiary/aromatic N) is 1. The fraction of sp³-hybridized carbons (Fsp3) is 0.538. The lowest BCUT2D eigenvalue weighted by Crippen LogP contribution is -2.32. The van der Waals surface area contributed by atoms with Crippen LogP contribution in [0.15, 0.2) is 36.4 Å². The van der Waals surface area contributed by atoms with Gasteiger partial charge in [0.2, 0.25) is 0 Å². The fourth-order valence-corrected chi connectivity index (χ4v) is 7.02. The molecule has 1 atom stereocenters. The SMILES string of the molecule is CC(C)c1cccc(C(C)C)c1N1CCP(c2c(C(C)C)cccc2C(C)C)N1. The van der Waals surface area contributed by atoms with Crippen LogP contribution in [0.25, 0.3) is 0 Å². The molecule has 0 aromatic heterocycles. The van der Waals surface area contributed by atoms with Crippen LogP contribution in [0.5, 0.6) is 0 Å². The lowest BCUT2D eigenvalue weighted by Gasteiger charge is -2.30. The summed E-state index contributed by atoms with van der Waals surface area (Å²) >= 11 is 0. The predicted octanol–water partition coefficient (Wildman–Crippen LogP) is 7.23. The fourth-order valence-electron chi connectivity index (χ4n) is 4.42. The number of para-hydroxylation sites is 1. The summed E-state index contributed by atoms with van der Waals surface area (Å²) in [5.74, 6) is 2.14. The summed E-state index contributed by atoms with van der Waals surface area (Å²) in [6, 6.07) is 13.8. The normalized spacial score (nSPS) is 17.4. The Bertz CT molecular complexity index is 717. The van der Waals surface area contributed by atoms with Gasteiger partial charge in [-0.05, 0) is 51.2 Å². The molecule has 158 valence electrons. The second-order valence-electron chi connectivity index (χ2n) is 9.59. The van der Waals surface area contributed by atoms with E-state index in [-0.39, 0.29) is 0 Å². The van der Waals surface area contributed by atoms with Crippen LogP contribution >= 0.6 is 8.07 Å². The van der Waals surface area contributed by atoms with Crippen LogP contribution in [0.3, 0.4) is 0 Å². The monoisotopic (exact) mass is 410 g/mol. The average Bonchev–Trinajstić information content (AvgIpc) is 3.15. The van der Waals surface area contributed by atoms with Crippen molar-refractivity contribution < 1.29 is 0 Å². The molecule has 1 fully saturated rings. The summed E-state index contributed by atoms with van der Waals surface area (Å²) in [7, 11) is -0.397. The van der Waals surface area contributed by atoms with Gasteiger partial charge in [0.25, 0.3) is 0 Å². The zero-order valence-corrected chi connectivity index (χ0v) is 20.5. The minimum Gasteiger partial charge on any atom is -0.304 e. The molecule has 0 bridgehead atoms. The third-order valence-corrected chi connectivity index (χ3v) is 8.20. The van der Waals surface area contributed by atoms with Gasteiger partial charge in [0.1, 0.15) is 0 Å². The molecule has 1 aliphatic heterocycles. The van der Waals surface area contributed by atoms with Crippen molar-refractivity contribution in [3.05, 3.63) is 58.7 Å². The van der Waals surface area contributed by atoms with E-state index in [4.69, 9.17) is 0 Å². The zero-order valence-electron chi connectivity index (χ0n) is 19.6. The van der Waals surface area contributed by atoms with Crippen molar-refractivity contribution in [3.8, 4) is 0 Å². The molecule has 0 amide bonds. The molecule has 29 heavy (non-hydrogen) atoms. The van der Waals surface area contributed by atoms with Gasteiger partial charge < -0.3 is 5.01 Å². The van der Waals surface area contributed by atoms with E-state index in [1.807, 2.05) is 0 Å². The van der Waals surface area contributed by atoms with Gasteiger partial charge in [-0.25, -0.2) is 5.20 Å². The molecule has 0 spiro atoms. The Morgan fingerprint density at radius 3 is 1.52 bits per heavy atom. The molecule has 0 radical (unpaired) electrons. The summed E-state index contributed by atoms with van der Waals surface area (Å²) in [5.41, 5.74) is 7.40. The van der Waals surface area contributed by atoms with E-state index in [2.05, 4.69) is 102 Å². The third kappa shape index (κ3) is 4.54. The largest absolute Gasteiger partial charge is 0.304 e. The Hall–Kier alpha value is -1.37. The quantitative estimate of drug-likeness (QED) is 0.505. The Kier molecular flexibility index (Phi) is 7.07. The molecule has 3 heteroatoms. The van der Waals surface area contributed by atoms with Gasteiger partial charge >= 0.3 is 0 Å². The number of nitrogens with one attached hydrogen (secondary N) is 1. The molecular weight excluding hydrogens is 371 g/mol. The maximum absolute atomic E-state index is 4.00. The lowest BCUT2D eigenvalue weighted by atomic mass is 9.92. The van der Waals surface area contributed by atoms with E-state index < -0.39 is 8.07 Å². The summed E-state index contributed by atoms with van der Waals surface area (Å²) in [6.45, 7) is 19.7. The van der Waals surface area contributed by atoms with E-state index in [1.165, 1.54) is 34.1 Å². The maximum atomic E-state index is 4.00. The van der Waals surface area contributed by atoms with Crippen molar-refractivity contribution >= 4 is 19.1 Å². The van der Waals surface area contributed by atoms with Crippen LogP contribution in [0, 0.1) is 0 Å². The predicted molar refractivity (Wildman–Crippen MR) is 131 cm³/mol. The van der Waals surface area contributed by atoms with E-state index >= 15 is 0 Å². The molecule has 2 aromatic carbocycles. The first kappa shape index (κ1) is 22.3. The molecule has 1 heterocycles. The van der Waals surface area contributed by atoms with E-state index in [1.54, 1.807) is 5.30 Å². The summed E-state index contributed by atoms with van der Waals surface area (Å²) < 4.78 is 0. The van der Waals surface area contributed by atoms with Crippen molar-refractivity contribution in [1.82, 2.24) is 5.20 Å². The second kappa shape index (κ2) is 9.19. The van der Waals surface area contributed by atoms with Crippen LogP contribution in [0.4, 0.5) is 5.69 Å². The van der Waals surface area contributed by atoms with Gasteiger partial charge in [0, 0.05) is 20.8 Å². The number of benzene rings is 2. The van der Waals surface area contributed by atoms with Gasteiger partial charge in [0.15, 0.2) is 0 Å². The van der Waals surface area contributed by atoms with Gasteiger partial charge in [-0.15, -0.1) is 0 Å². The first-order chi connectivity index (χ1) is 13.7. The molecule has 2 aromatic rings. The lowest BCUT2D eigenvalue weighted by molar-refractivity contribution is 0.784. The van der Waals surface area contributed by atoms with Crippen molar-refractivity contribution in [3.63, 3.8) is 0 Å². The van der Waals surface area contributed by atoms with Crippen LogP contribution in [0.1, 0.15) is 101 Å². The molecule has 1 aliphatic rings. The first-order valence-corrected chi connectivity index (χ1v) is 12.8. The van der Waals surface area contributed by atoms with Crippen LogP contribution < -0.4 is 15.5 Å². The molecule has 3 rings (SSSR count). The molecular formula is C26H39N2P. The number of rotatable bonds is 6. The summed E-state index contributed by atoms with van der Waals surface area (Å²) in [4.78, 5) is 0. The molecule has 1 saturated heterocycles. The Morgan fingerprint density at radius 2 is 1.10 bits per heavy atom. The first-order valence-electron chi connectivity index (χ1n) is 11.3. The Morgan fingerprint density at radius 1 is 0.690 bits per heavy atom. The van der Waals surface area contributed by atoms with Crippen LogP contribution in [-0.2, 0) is 0 Å². The smallest absolute Gasteiger partial charge is 0.0592 e. The standard InChI is InChI=1S/C26H39N2P/c1-17(2)21-11-9-12-22(18(3)4)25(21)28-15-16-29(27-28)26-23(19(5)6)13-10-14-24(26)20(7)8/h9-14,17-20,27H,15-16H2,1-8H3. The van der Waals surface area contributed by atoms with Gasteiger partial charge in [0.05, 0.1) is 5.69 Å². The molecule has 2 nitrogen and oxygen atoms in total. The topological polar surface area (TPSA) is 15.3 Å². The highest BCUT2D eigenvalue weighted by atomic mass is 31.1. The van der Waals surface area contributed by atoms with E-state index in [0.717, 1.165) is 6.54 Å². The van der Waals surface area contributed by atoms with Gasteiger partial charge in [-0.2, -0.15) is 0 Å². The number of hydrogen-bond donors (Lipinski definition) is 1. The molecule has 0 saturated carbocycles. The highest BCUT2D eigenvalue weighted by molar-refractivity contribution is 7.64. The number of hydrogen-bond acceptors (Lipinski definition) is 2. The van der Waals surface area contributed by atoms with E-state index in [0.29, 0.717) is 23.7 Å². The van der Waals surface area contributed by atoms with Crippen LogP contribution in [-0.4, -0.2) is 12.7 Å². The average molecular weight is 411 g/mol. The third-order valence-electron chi connectivity index (χ3n) is 6.01. The number of hydrazine groups is 1. The Labute approximate surface area is 179 Å². The minimum atomic E-state index is -0.397. The van der Waals surface area contributed by atoms with Crippen molar-refractivity contribution in [1.29, 1.82) is 0 Å². The van der Waals surface area contributed by atoms with Crippen LogP contribution in [0.2, 0.25) is 0 Å². The Balaban J connectivity index is 2.03. The number of anilines is 1. The van der Waals surface area contributed by atoms with E-state index in [9.17, 15) is 0 Å². The summed E-state index contributed by atoms with van der Waals surface area (Å²) in [5, 5.41) is 8.09. The molecule has 0 aliphatic carbocycles. The molecule has 1 N–H and O–H groups in total. The van der Waals surface area contributed by atoms with Crippen molar-refractivity contribution in [2.45, 2.75) is 79.1 Å². The van der Waals surface area contributed by atoms with Gasteiger partial charge in [-0.1, -0.05) is 91.8 Å². The van der Waals surface area contributed by atoms with Crippen molar-refractivity contribution in [2.24, 2.45) is 0 Å². The highest BCUT2D eigenvalue weighted by Gasteiger charge is 2.31. The summed E-state index contributed by atoms with van der Waals surface area (Å²) in [6.07, 6.45) is 1.21. The highest BCUT2D eigenvalue weighted by Crippen LogP contribution is 2.44. The zero-order chi connectivity index (χ0) is 21.3. The van der Waals surface area contributed by atoms with Crippen molar-refractivity contribution in [2.75, 3.05) is 17.7 Å². The molecule has 1 unspecified atom stereocenters. The second-order valence-corrected chi connectivity index (χ2v) is 11.5.